The molecule has 0 saturated heterocycles. The van der Waals surface area contributed by atoms with Crippen LogP contribution >= 0.6 is 0 Å². The molecular formula is C21H16F3N5O. The lowest BCUT2D eigenvalue weighted by atomic mass is 10.0. The van der Waals surface area contributed by atoms with Gasteiger partial charge in [-0.2, -0.15) is 23.4 Å². The Bertz CT molecular complexity index is 1260. The van der Waals surface area contributed by atoms with Crippen molar-refractivity contribution in [3.05, 3.63) is 72.3 Å². The lowest BCUT2D eigenvalue weighted by Gasteiger charge is -2.32. The first-order valence-electron chi connectivity index (χ1n) is 9.33. The maximum Gasteiger partial charge on any atom is 0.416 e. The number of hydrogen-bond donors (Lipinski definition) is 0. The number of benzene rings is 1. The summed E-state index contributed by atoms with van der Waals surface area (Å²) in [6.07, 6.45) is 0.725. The minimum Gasteiger partial charge on any atom is -0.305 e. The molecule has 6 nitrogen and oxygen atoms in total. The molecule has 0 radical (unpaired) electrons. The number of pyridine rings is 1. The summed E-state index contributed by atoms with van der Waals surface area (Å²) in [4.78, 5) is 14.8. The molecule has 1 aliphatic rings. The van der Waals surface area contributed by atoms with Crippen LogP contribution in [0.2, 0.25) is 0 Å². The van der Waals surface area contributed by atoms with E-state index in [2.05, 4.69) is 10.2 Å². The Kier molecular flexibility index (Phi) is 3.96. The van der Waals surface area contributed by atoms with Gasteiger partial charge >= 0.3 is 6.18 Å². The van der Waals surface area contributed by atoms with Gasteiger partial charge in [-0.3, -0.25) is 9.48 Å². The van der Waals surface area contributed by atoms with Crippen LogP contribution < -0.4 is 4.90 Å². The number of alkyl halides is 3. The van der Waals surface area contributed by atoms with E-state index in [9.17, 15) is 18.0 Å². The van der Waals surface area contributed by atoms with E-state index in [1.807, 2.05) is 25.1 Å². The van der Waals surface area contributed by atoms with Crippen LogP contribution in [0.3, 0.4) is 0 Å². The third-order valence-electron chi connectivity index (χ3n) is 5.32. The van der Waals surface area contributed by atoms with E-state index in [4.69, 9.17) is 0 Å². The van der Waals surface area contributed by atoms with Gasteiger partial charge in [-0.25, -0.2) is 4.52 Å². The Hall–Kier alpha value is -3.62. The highest BCUT2D eigenvalue weighted by molar-refractivity contribution is 6.09. The fourth-order valence-corrected chi connectivity index (χ4v) is 3.82. The Morgan fingerprint density at radius 2 is 1.83 bits per heavy atom. The van der Waals surface area contributed by atoms with Gasteiger partial charge in [0.1, 0.15) is 5.69 Å². The maximum atomic E-state index is 13.3. The van der Waals surface area contributed by atoms with Crippen molar-refractivity contribution in [1.29, 1.82) is 0 Å². The van der Waals surface area contributed by atoms with Gasteiger partial charge in [-0.1, -0.05) is 0 Å². The first-order valence-corrected chi connectivity index (χ1v) is 9.33. The minimum absolute atomic E-state index is 0.132. The first kappa shape index (κ1) is 18.4. The molecule has 1 aliphatic heterocycles. The van der Waals surface area contributed by atoms with E-state index >= 15 is 0 Å². The maximum absolute atomic E-state index is 13.3. The summed E-state index contributed by atoms with van der Waals surface area (Å²) in [6.45, 7) is 2.24. The molecule has 1 amide bonds. The van der Waals surface area contributed by atoms with Crippen molar-refractivity contribution in [2.75, 3.05) is 11.4 Å². The Labute approximate surface area is 169 Å². The highest BCUT2D eigenvalue weighted by Crippen LogP contribution is 2.35. The molecule has 0 fully saturated rings. The molecule has 0 saturated carbocycles. The van der Waals surface area contributed by atoms with Crippen LogP contribution in [-0.4, -0.2) is 31.8 Å². The van der Waals surface area contributed by atoms with E-state index in [1.165, 1.54) is 17.0 Å². The molecule has 0 N–H and O–H groups in total. The van der Waals surface area contributed by atoms with Crippen molar-refractivity contribution in [2.45, 2.75) is 19.1 Å². The van der Waals surface area contributed by atoms with Crippen LogP contribution in [0, 0.1) is 0 Å². The van der Waals surface area contributed by atoms with E-state index in [-0.39, 0.29) is 11.9 Å². The molecule has 30 heavy (non-hydrogen) atoms. The summed E-state index contributed by atoms with van der Waals surface area (Å²) in [6, 6.07) is 10.1. The Morgan fingerprint density at radius 1 is 1.07 bits per heavy atom. The van der Waals surface area contributed by atoms with Gasteiger partial charge in [-0.15, -0.1) is 0 Å². The van der Waals surface area contributed by atoms with E-state index in [0.29, 0.717) is 23.5 Å². The van der Waals surface area contributed by atoms with Gasteiger partial charge in [0.05, 0.1) is 23.3 Å². The Balaban J connectivity index is 1.56. The van der Waals surface area contributed by atoms with Crippen LogP contribution in [0.4, 0.5) is 18.9 Å². The lowest BCUT2D eigenvalue weighted by Crippen LogP contribution is -2.42. The van der Waals surface area contributed by atoms with Crippen LogP contribution in [0.5, 0.6) is 0 Å². The van der Waals surface area contributed by atoms with Gasteiger partial charge in [0, 0.05) is 30.2 Å². The lowest BCUT2D eigenvalue weighted by molar-refractivity contribution is -0.137. The number of fused-ring (bicyclic) bond motifs is 2. The van der Waals surface area contributed by atoms with Crippen LogP contribution in [-0.2, 0) is 6.18 Å². The molecule has 5 rings (SSSR count). The average Bonchev–Trinajstić information content (AvgIpc) is 3.37. The number of halogens is 3. The number of carbonyl (C=O) groups is 1. The molecule has 1 atom stereocenters. The quantitative estimate of drug-likeness (QED) is 0.490. The predicted molar refractivity (Wildman–Crippen MR) is 104 cm³/mol. The zero-order valence-corrected chi connectivity index (χ0v) is 15.8. The molecule has 0 unspecified atom stereocenters. The average molecular weight is 411 g/mol. The summed E-state index contributed by atoms with van der Waals surface area (Å²) in [7, 11) is 0. The van der Waals surface area contributed by atoms with Crippen molar-refractivity contribution in [2.24, 2.45) is 0 Å². The standard InChI is InChI=1S/C21H16F3N5O/c1-13-12-27(16-4-2-15(3-5-16)21(22,23)24)20(30)19-18(11-26-29(13)19)14-7-9-28-17(10-14)6-8-25-28/h2-11,13H,12H2,1H3/t13-/m0/s1. The molecule has 9 heteroatoms. The molecule has 4 aromatic rings. The molecule has 0 spiro atoms. The zero-order valence-electron chi connectivity index (χ0n) is 15.8. The van der Waals surface area contributed by atoms with Crippen LogP contribution in [0.1, 0.15) is 29.0 Å². The third-order valence-corrected chi connectivity index (χ3v) is 5.32. The fraction of sp³-hybridized carbons (Fsp3) is 0.190. The molecule has 152 valence electrons. The normalized spacial score (nSPS) is 16.9. The Morgan fingerprint density at radius 3 is 2.57 bits per heavy atom. The highest BCUT2D eigenvalue weighted by atomic mass is 19.4. The highest BCUT2D eigenvalue weighted by Gasteiger charge is 2.35. The number of amides is 1. The van der Waals surface area contributed by atoms with Crippen molar-refractivity contribution in [1.82, 2.24) is 19.4 Å². The molecule has 1 aromatic carbocycles. The molecule has 3 aromatic heterocycles. The van der Waals surface area contributed by atoms with E-state index in [1.54, 1.807) is 27.8 Å². The topological polar surface area (TPSA) is 55.4 Å². The van der Waals surface area contributed by atoms with Gasteiger partial charge in [-0.05, 0) is 55.0 Å². The minimum atomic E-state index is -4.42. The summed E-state index contributed by atoms with van der Waals surface area (Å²) in [5.41, 5.74) is 2.46. The van der Waals surface area contributed by atoms with Gasteiger partial charge in [0.2, 0.25) is 0 Å². The second-order valence-corrected chi connectivity index (χ2v) is 7.28. The number of nitrogens with zero attached hydrogens (tertiary/aromatic N) is 5. The summed E-state index contributed by atoms with van der Waals surface area (Å²) < 4.78 is 42.1. The predicted octanol–water partition coefficient (Wildman–Crippen LogP) is 4.44. The molecule has 0 aliphatic carbocycles. The smallest absolute Gasteiger partial charge is 0.305 e. The van der Waals surface area contributed by atoms with Crippen molar-refractivity contribution >= 4 is 17.1 Å². The monoisotopic (exact) mass is 411 g/mol. The summed E-state index contributed by atoms with van der Waals surface area (Å²) in [5.74, 6) is -0.297. The van der Waals surface area contributed by atoms with E-state index < -0.39 is 11.7 Å². The first-order chi connectivity index (χ1) is 14.3. The third kappa shape index (κ3) is 2.85. The van der Waals surface area contributed by atoms with E-state index in [0.717, 1.165) is 23.2 Å². The largest absolute Gasteiger partial charge is 0.416 e. The fourth-order valence-electron chi connectivity index (χ4n) is 3.82. The zero-order chi connectivity index (χ0) is 21.0. The van der Waals surface area contributed by atoms with Crippen LogP contribution in [0.15, 0.2) is 61.1 Å². The van der Waals surface area contributed by atoms with Gasteiger partial charge in [0.25, 0.3) is 5.91 Å². The SMILES string of the molecule is C[C@H]1CN(c2ccc(C(F)(F)F)cc2)C(=O)c2c(-c3ccn4nccc4c3)cnn21. The summed E-state index contributed by atoms with van der Waals surface area (Å²) in [5, 5.41) is 8.58. The number of hydrogen-bond acceptors (Lipinski definition) is 3. The number of anilines is 1. The van der Waals surface area contributed by atoms with Crippen molar-refractivity contribution in [3.63, 3.8) is 0 Å². The molecular weight excluding hydrogens is 395 g/mol. The molecule has 0 bridgehead atoms. The van der Waals surface area contributed by atoms with Crippen molar-refractivity contribution in [3.8, 4) is 11.1 Å². The summed E-state index contributed by atoms with van der Waals surface area (Å²) >= 11 is 0. The second-order valence-electron chi connectivity index (χ2n) is 7.28. The number of rotatable bonds is 2. The van der Waals surface area contributed by atoms with Gasteiger partial charge in [0.15, 0.2) is 0 Å². The van der Waals surface area contributed by atoms with Crippen LogP contribution in [0.25, 0.3) is 16.6 Å². The van der Waals surface area contributed by atoms with Crippen molar-refractivity contribution < 1.29 is 18.0 Å². The molecule has 4 heterocycles. The number of aromatic nitrogens is 4. The number of carbonyl (C=O) groups excluding carboxylic acids is 1. The van der Waals surface area contributed by atoms with Gasteiger partial charge < -0.3 is 4.90 Å². The second kappa shape index (κ2) is 6.45.